The summed E-state index contributed by atoms with van der Waals surface area (Å²) < 4.78 is 123. The number of alkyl halides is 3. The zero-order valence-corrected chi connectivity index (χ0v) is 20.6. The molecular weight excluding hydrogens is 529 g/mol. The smallest absolute Gasteiger partial charge is 0.250 e. The van der Waals surface area contributed by atoms with E-state index in [1.165, 1.54) is 4.31 Å². The number of hydrogen-bond donors (Lipinski definition) is 1. The van der Waals surface area contributed by atoms with Crippen molar-refractivity contribution >= 4 is 20.0 Å². The van der Waals surface area contributed by atoms with Crippen LogP contribution in [0, 0.1) is 11.6 Å². The molecule has 1 aromatic carbocycles. The lowest BCUT2D eigenvalue weighted by Crippen LogP contribution is -2.49. The molecule has 2 aliphatic rings. The molecule has 2 fully saturated rings. The minimum absolute atomic E-state index is 0.0175. The number of nitrogens with one attached hydrogen (secondary N) is 1. The third-order valence-corrected chi connectivity index (χ3v) is 11.0. The van der Waals surface area contributed by atoms with Crippen molar-refractivity contribution in [3.05, 3.63) is 59.4 Å². The maximum atomic E-state index is 14.9. The van der Waals surface area contributed by atoms with E-state index in [0.29, 0.717) is 25.4 Å². The van der Waals surface area contributed by atoms with Crippen LogP contribution in [-0.4, -0.2) is 45.3 Å². The Balaban J connectivity index is 1.69. The van der Waals surface area contributed by atoms with Gasteiger partial charge in [0.15, 0.2) is 9.84 Å². The summed E-state index contributed by atoms with van der Waals surface area (Å²) in [5, 5.41) is 0. The average molecular weight is 554 g/mol. The Bertz CT molecular complexity index is 1320. The predicted octanol–water partition coefficient (Wildman–Crippen LogP) is 3.92. The lowest BCUT2D eigenvalue weighted by Gasteiger charge is -2.40. The summed E-state index contributed by atoms with van der Waals surface area (Å²) in [6, 6.07) is 2.98. The molecule has 0 spiro atoms. The molecule has 36 heavy (non-hydrogen) atoms. The van der Waals surface area contributed by atoms with Crippen LogP contribution in [0.4, 0.5) is 22.0 Å². The normalized spacial score (nSPS) is 24.2. The van der Waals surface area contributed by atoms with Crippen LogP contribution in [0.3, 0.4) is 0 Å². The summed E-state index contributed by atoms with van der Waals surface area (Å²) in [7, 11) is -8.38. The highest BCUT2D eigenvalue weighted by atomic mass is 32.2. The van der Waals surface area contributed by atoms with Gasteiger partial charge in [-0.1, -0.05) is 0 Å². The van der Waals surface area contributed by atoms with Crippen molar-refractivity contribution < 1.29 is 38.8 Å². The van der Waals surface area contributed by atoms with Crippen LogP contribution in [0.15, 0.2) is 41.4 Å². The van der Waals surface area contributed by atoms with Crippen molar-refractivity contribution in [3.8, 4) is 0 Å². The average Bonchev–Trinajstić information content (AvgIpc) is 3.37. The lowest BCUT2D eigenvalue weighted by molar-refractivity contribution is -0.141. The largest absolute Gasteiger partial charge is 0.433 e. The van der Waals surface area contributed by atoms with Crippen molar-refractivity contribution in [3.63, 3.8) is 0 Å². The van der Waals surface area contributed by atoms with Gasteiger partial charge in [0, 0.05) is 30.9 Å². The Morgan fingerprint density at radius 3 is 2.17 bits per heavy atom. The van der Waals surface area contributed by atoms with Gasteiger partial charge >= 0.3 is 6.18 Å². The Morgan fingerprint density at radius 2 is 1.61 bits per heavy atom. The van der Waals surface area contributed by atoms with E-state index in [-0.39, 0.29) is 25.7 Å². The number of nitrogens with zero attached hydrogens (tertiary/aromatic N) is 2. The molecule has 0 amide bonds. The maximum Gasteiger partial charge on any atom is 0.433 e. The fourth-order valence-corrected chi connectivity index (χ4v) is 8.53. The molecule has 0 atom stereocenters. The highest BCUT2D eigenvalue weighted by Gasteiger charge is 2.51. The van der Waals surface area contributed by atoms with Crippen molar-refractivity contribution in [2.45, 2.75) is 60.4 Å². The number of pyridine rings is 1. The first-order valence-corrected chi connectivity index (χ1v) is 14.2. The minimum atomic E-state index is -4.79. The molecule has 14 heteroatoms. The lowest BCUT2D eigenvalue weighted by atomic mass is 9.80. The van der Waals surface area contributed by atoms with Gasteiger partial charge < -0.3 is 0 Å². The molecule has 0 bridgehead atoms. The second kappa shape index (κ2) is 9.62. The van der Waals surface area contributed by atoms with E-state index in [2.05, 4.69) is 9.71 Å². The van der Waals surface area contributed by atoms with Crippen LogP contribution >= 0.6 is 0 Å². The molecule has 1 saturated heterocycles. The van der Waals surface area contributed by atoms with Gasteiger partial charge in [0.05, 0.1) is 4.90 Å². The molecule has 1 aliphatic carbocycles. The Kier molecular flexibility index (Phi) is 7.18. The van der Waals surface area contributed by atoms with E-state index in [1.54, 1.807) is 0 Å². The van der Waals surface area contributed by atoms with E-state index < -0.39 is 64.8 Å². The van der Waals surface area contributed by atoms with Crippen molar-refractivity contribution in [2.75, 3.05) is 13.1 Å². The third-order valence-electron chi connectivity index (χ3n) is 6.78. The number of aromatic nitrogens is 1. The van der Waals surface area contributed by atoms with Crippen LogP contribution in [0.25, 0.3) is 0 Å². The SMILES string of the molecule is O=S(=O)(NC1CCC(c2cc(F)ccc2F)(S(=O)(=O)c2ccc(C(F)(F)F)nc2)CC1)N1CCCC1. The highest BCUT2D eigenvalue weighted by molar-refractivity contribution is 7.92. The molecule has 2 aromatic rings. The molecule has 1 aromatic heterocycles. The summed E-state index contributed by atoms with van der Waals surface area (Å²) in [4.78, 5) is 2.64. The van der Waals surface area contributed by atoms with E-state index in [1.807, 2.05) is 0 Å². The van der Waals surface area contributed by atoms with E-state index in [0.717, 1.165) is 37.1 Å². The number of benzene rings is 1. The van der Waals surface area contributed by atoms with Crippen LogP contribution < -0.4 is 4.72 Å². The molecular formula is C22H24F5N3O4S2. The van der Waals surface area contributed by atoms with E-state index in [9.17, 15) is 38.8 Å². The molecule has 0 unspecified atom stereocenters. The number of rotatable bonds is 6. The van der Waals surface area contributed by atoms with Crippen LogP contribution in [0.5, 0.6) is 0 Å². The topological polar surface area (TPSA) is 96.4 Å². The van der Waals surface area contributed by atoms with Crippen LogP contribution in [0.1, 0.15) is 49.8 Å². The summed E-state index contributed by atoms with van der Waals surface area (Å²) in [5.74, 6) is -1.88. The first-order chi connectivity index (χ1) is 16.8. The predicted molar refractivity (Wildman–Crippen MR) is 120 cm³/mol. The van der Waals surface area contributed by atoms with Gasteiger partial charge in [-0.2, -0.15) is 30.6 Å². The van der Waals surface area contributed by atoms with Gasteiger partial charge in [0.1, 0.15) is 22.1 Å². The summed E-state index contributed by atoms with van der Waals surface area (Å²) in [6.45, 7) is 0.742. The summed E-state index contributed by atoms with van der Waals surface area (Å²) in [5.41, 5.74) is -1.75. The van der Waals surface area contributed by atoms with Crippen molar-refractivity contribution in [1.82, 2.24) is 14.0 Å². The fraction of sp³-hybridized carbons (Fsp3) is 0.500. The first kappa shape index (κ1) is 26.9. The number of hydrogen-bond acceptors (Lipinski definition) is 5. The molecule has 198 valence electrons. The second-order valence-corrected chi connectivity index (χ2v) is 13.0. The molecule has 0 radical (unpaired) electrons. The maximum absolute atomic E-state index is 14.9. The zero-order valence-electron chi connectivity index (χ0n) is 18.9. The Labute approximate surface area is 205 Å². The molecule has 7 nitrogen and oxygen atoms in total. The van der Waals surface area contributed by atoms with Gasteiger partial charge in [0.2, 0.25) is 0 Å². The van der Waals surface area contributed by atoms with E-state index >= 15 is 0 Å². The van der Waals surface area contributed by atoms with Crippen molar-refractivity contribution in [2.24, 2.45) is 0 Å². The summed E-state index contributed by atoms with van der Waals surface area (Å²) in [6.07, 6.45) is -3.39. The Hall–Kier alpha value is -2.16. The first-order valence-electron chi connectivity index (χ1n) is 11.3. The quantitative estimate of drug-likeness (QED) is 0.547. The van der Waals surface area contributed by atoms with Gasteiger partial charge in [0.25, 0.3) is 10.2 Å². The number of sulfone groups is 1. The van der Waals surface area contributed by atoms with Crippen LogP contribution in [0.2, 0.25) is 0 Å². The van der Waals surface area contributed by atoms with Gasteiger partial charge in [-0.15, -0.1) is 0 Å². The fourth-order valence-electron chi connectivity index (χ4n) is 4.88. The third kappa shape index (κ3) is 5.00. The summed E-state index contributed by atoms with van der Waals surface area (Å²) >= 11 is 0. The van der Waals surface area contributed by atoms with Crippen LogP contribution in [-0.2, 0) is 31.0 Å². The van der Waals surface area contributed by atoms with Gasteiger partial charge in [-0.3, -0.25) is 4.98 Å². The molecule has 2 heterocycles. The highest BCUT2D eigenvalue weighted by Crippen LogP contribution is 2.48. The van der Waals surface area contributed by atoms with Gasteiger partial charge in [-0.25, -0.2) is 17.2 Å². The minimum Gasteiger partial charge on any atom is -0.250 e. The monoisotopic (exact) mass is 553 g/mol. The van der Waals surface area contributed by atoms with E-state index in [4.69, 9.17) is 0 Å². The second-order valence-electron chi connectivity index (χ2n) is 9.00. The molecule has 4 rings (SSSR count). The van der Waals surface area contributed by atoms with Gasteiger partial charge in [-0.05, 0) is 68.9 Å². The standard InChI is InChI=1S/C22H24F5N3O4S2/c23-15-3-5-19(24)18(13-15)21(35(31,32)17-4-6-20(28-14-17)22(25,26)27)9-7-16(8-10-21)29-36(33,34)30-11-1-2-12-30/h3-6,13-14,16,29H,1-2,7-12H2. The number of halogens is 5. The zero-order chi connectivity index (χ0) is 26.4. The van der Waals surface area contributed by atoms with Crippen molar-refractivity contribution in [1.29, 1.82) is 0 Å². The molecule has 1 aliphatic heterocycles. The molecule has 1 N–H and O–H groups in total. The Morgan fingerprint density at radius 1 is 0.972 bits per heavy atom. The molecule has 1 saturated carbocycles.